The second-order valence-electron chi connectivity index (χ2n) is 2.31. The number of aryl methyl sites for hydroxylation is 1. The number of hydrogen-bond acceptors (Lipinski definition) is 1. The molecule has 0 atom stereocenters. The minimum absolute atomic E-state index is 0.998. The molecular weight excluding hydrogens is 158 g/mol. The Hall–Kier alpha value is -1.37. The molecule has 0 saturated carbocycles. The highest BCUT2D eigenvalue weighted by Gasteiger charge is 1.97. The lowest BCUT2D eigenvalue weighted by molar-refractivity contribution is 1.18. The first kappa shape index (κ1) is 11.6. The molecule has 1 aromatic rings. The number of rotatable bonds is 2. The van der Waals surface area contributed by atoms with Crippen LogP contribution in [0, 0.1) is 6.92 Å². The third-order valence-electron chi connectivity index (χ3n) is 1.65. The van der Waals surface area contributed by atoms with Gasteiger partial charge in [0.05, 0.1) is 0 Å². The molecule has 1 heteroatoms. The molecule has 0 aliphatic carbocycles. The quantitative estimate of drug-likeness (QED) is 0.667. The minimum Gasteiger partial charge on any atom is -0.261 e. The van der Waals surface area contributed by atoms with Crippen molar-refractivity contribution in [3.05, 3.63) is 42.2 Å². The largest absolute Gasteiger partial charge is 0.261 e. The Bertz CT molecular complexity index is 287. The average Bonchev–Trinajstić information content (AvgIpc) is 2.20. The molecular formula is C12H17N. The van der Waals surface area contributed by atoms with Gasteiger partial charge in [-0.1, -0.05) is 39.2 Å². The van der Waals surface area contributed by atoms with Gasteiger partial charge in [-0.15, -0.1) is 0 Å². The smallest absolute Gasteiger partial charge is 0.0450 e. The topological polar surface area (TPSA) is 12.9 Å². The Morgan fingerprint density at radius 1 is 1.23 bits per heavy atom. The lowest BCUT2D eigenvalue weighted by Gasteiger charge is -2.02. The van der Waals surface area contributed by atoms with E-state index in [2.05, 4.69) is 18.1 Å². The van der Waals surface area contributed by atoms with Crippen LogP contribution in [0.25, 0.3) is 12.2 Å². The van der Waals surface area contributed by atoms with Crippen LogP contribution in [0.4, 0.5) is 0 Å². The van der Waals surface area contributed by atoms with E-state index in [1.165, 1.54) is 0 Å². The Morgan fingerprint density at radius 3 is 2.23 bits per heavy atom. The maximum Gasteiger partial charge on any atom is 0.0450 e. The number of nitrogens with zero attached hydrogens (tertiary/aromatic N) is 1. The van der Waals surface area contributed by atoms with Gasteiger partial charge in [0.2, 0.25) is 0 Å². The zero-order chi connectivity index (χ0) is 10.3. The van der Waals surface area contributed by atoms with E-state index < -0.39 is 0 Å². The van der Waals surface area contributed by atoms with Crippen molar-refractivity contribution in [3.8, 4) is 0 Å². The molecule has 0 aromatic carbocycles. The van der Waals surface area contributed by atoms with Crippen molar-refractivity contribution >= 4 is 12.2 Å². The van der Waals surface area contributed by atoms with Crippen molar-refractivity contribution in [1.82, 2.24) is 4.98 Å². The lowest BCUT2D eigenvalue weighted by Crippen LogP contribution is -1.88. The average molecular weight is 175 g/mol. The van der Waals surface area contributed by atoms with Crippen LogP contribution in [0.5, 0.6) is 0 Å². The van der Waals surface area contributed by atoms with Gasteiger partial charge in [-0.05, 0) is 18.6 Å². The molecule has 1 rings (SSSR count). The molecule has 70 valence electrons. The van der Waals surface area contributed by atoms with E-state index in [1.807, 2.05) is 32.9 Å². The van der Waals surface area contributed by atoms with E-state index in [0.29, 0.717) is 0 Å². The Kier molecular flexibility index (Phi) is 5.53. The van der Waals surface area contributed by atoms with Gasteiger partial charge < -0.3 is 0 Å². The zero-order valence-electron chi connectivity index (χ0n) is 8.67. The summed E-state index contributed by atoms with van der Waals surface area (Å²) in [7, 11) is 0. The van der Waals surface area contributed by atoms with Crippen LogP contribution in [0.15, 0.2) is 25.4 Å². The van der Waals surface area contributed by atoms with Crippen LogP contribution >= 0.6 is 0 Å². The Balaban J connectivity index is 0.000000671. The monoisotopic (exact) mass is 175 g/mol. The molecule has 0 fully saturated rings. The summed E-state index contributed by atoms with van der Waals surface area (Å²) in [5, 5.41) is 0. The Labute approximate surface area is 80.8 Å². The second kappa shape index (κ2) is 6.18. The summed E-state index contributed by atoms with van der Waals surface area (Å²) in [6.45, 7) is 13.4. The molecule has 0 bridgehead atoms. The van der Waals surface area contributed by atoms with Crippen LogP contribution in [-0.2, 0) is 0 Å². The standard InChI is InChI=1S/C10H11N.C2H6/c1-4-9-6-7-11-8(3)10(9)5-2;1-2/h4-7H,1-2H2,3H3;1-2H3. The van der Waals surface area contributed by atoms with Gasteiger partial charge in [0.15, 0.2) is 0 Å². The van der Waals surface area contributed by atoms with Crippen LogP contribution in [0.2, 0.25) is 0 Å². The highest BCUT2D eigenvalue weighted by atomic mass is 14.7. The van der Waals surface area contributed by atoms with E-state index in [0.717, 1.165) is 16.8 Å². The zero-order valence-corrected chi connectivity index (χ0v) is 8.67. The molecule has 0 saturated heterocycles. The van der Waals surface area contributed by atoms with Crippen molar-refractivity contribution in [3.63, 3.8) is 0 Å². The van der Waals surface area contributed by atoms with Crippen molar-refractivity contribution in [1.29, 1.82) is 0 Å². The van der Waals surface area contributed by atoms with Crippen molar-refractivity contribution in [2.45, 2.75) is 20.8 Å². The van der Waals surface area contributed by atoms with Crippen LogP contribution < -0.4 is 0 Å². The van der Waals surface area contributed by atoms with E-state index in [9.17, 15) is 0 Å². The van der Waals surface area contributed by atoms with Crippen LogP contribution in [0.1, 0.15) is 30.7 Å². The predicted molar refractivity (Wildman–Crippen MR) is 60.5 cm³/mol. The SMILES string of the molecule is C=Cc1ccnc(C)c1C=C.CC. The highest BCUT2D eigenvalue weighted by Crippen LogP contribution is 2.13. The molecule has 0 aliphatic rings. The highest BCUT2D eigenvalue weighted by molar-refractivity contribution is 5.64. The fourth-order valence-corrected chi connectivity index (χ4v) is 1.04. The summed E-state index contributed by atoms with van der Waals surface area (Å²) in [5.74, 6) is 0. The van der Waals surface area contributed by atoms with Crippen LogP contribution in [-0.4, -0.2) is 4.98 Å². The first-order chi connectivity index (χ1) is 6.29. The van der Waals surface area contributed by atoms with Gasteiger partial charge in [0.25, 0.3) is 0 Å². The van der Waals surface area contributed by atoms with Gasteiger partial charge in [0.1, 0.15) is 0 Å². The van der Waals surface area contributed by atoms with Gasteiger partial charge in [-0.25, -0.2) is 0 Å². The summed E-state index contributed by atoms with van der Waals surface area (Å²) in [6.07, 6.45) is 5.39. The molecule has 0 aliphatic heterocycles. The van der Waals surface area contributed by atoms with E-state index in [4.69, 9.17) is 0 Å². The van der Waals surface area contributed by atoms with Gasteiger partial charge in [-0.2, -0.15) is 0 Å². The minimum atomic E-state index is 0.998. The van der Waals surface area contributed by atoms with E-state index in [1.54, 1.807) is 12.3 Å². The molecule has 0 unspecified atom stereocenters. The normalized spacial score (nSPS) is 8.23. The lowest BCUT2D eigenvalue weighted by atomic mass is 10.1. The first-order valence-corrected chi connectivity index (χ1v) is 4.50. The summed E-state index contributed by atoms with van der Waals surface area (Å²) in [4.78, 5) is 4.14. The van der Waals surface area contributed by atoms with Gasteiger partial charge >= 0.3 is 0 Å². The van der Waals surface area contributed by atoms with Crippen LogP contribution in [0.3, 0.4) is 0 Å². The summed E-state index contributed by atoms with van der Waals surface area (Å²) < 4.78 is 0. The molecule has 1 heterocycles. The summed E-state index contributed by atoms with van der Waals surface area (Å²) >= 11 is 0. The second-order valence-corrected chi connectivity index (χ2v) is 2.31. The molecule has 0 spiro atoms. The summed E-state index contributed by atoms with van der Waals surface area (Å²) in [6, 6.07) is 1.93. The first-order valence-electron chi connectivity index (χ1n) is 4.50. The molecule has 1 aromatic heterocycles. The summed E-state index contributed by atoms with van der Waals surface area (Å²) in [5.41, 5.74) is 3.16. The molecule has 0 N–H and O–H groups in total. The van der Waals surface area contributed by atoms with Crippen molar-refractivity contribution in [2.24, 2.45) is 0 Å². The van der Waals surface area contributed by atoms with Crippen molar-refractivity contribution in [2.75, 3.05) is 0 Å². The number of hydrogen-bond donors (Lipinski definition) is 0. The van der Waals surface area contributed by atoms with E-state index in [-0.39, 0.29) is 0 Å². The van der Waals surface area contributed by atoms with Crippen molar-refractivity contribution < 1.29 is 0 Å². The van der Waals surface area contributed by atoms with E-state index >= 15 is 0 Å². The molecule has 13 heavy (non-hydrogen) atoms. The third-order valence-corrected chi connectivity index (χ3v) is 1.65. The maximum atomic E-state index is 4.14. The predicted octanol–water partition coefficient (Wildman–Crippen LogP) is 3.70. The van der Waals surface area contributed by atoms with Gasteiger partial charge in [-0.3, -0.25) is 4.98 Å². The number of aromatic nitrogens is 1. The van der Waals surface area contributed by atoms with Gasteiger partial charge in [0, 0.05) is 17.5 Å². The fourth-order valence-electron chi connectivity index (χ4n) is 1.04. The molecule has 0 amide bonds. The maximum absolute atomic E-state index is 4.14. The number of pyridine rings is 1. The third kappa shape index (κ3) is 2.86. The molecule has 1 nitrogen and oxygen atoms in total. The Morgan fingerprint density at radius 2 is 1.85 bits per heavy atom. The fraction of sp³-hybridized carbons (Fsp3) is 0.250. The molecule has 0 radical (unpaired) electrons.